The maximum atomic E-state index is 13.4. The Morgan fingerprint density at radius 1 is 0.935 bits per heavy atom. The number of amides is 1. The molecule has 3 nitrogen and oxygen atoms in total. The fourth-order valence-corrected chi connectivity index (χ4v) is 3.64. The van der Waals surface area contributed by atoms with Crippen molar-refractivity contribution in [2.24, 2.45) is 0 Å². The van der Waals surface area contributed by atoms with Gasteiger partial charge in [-0.25, -0.2) is 4.98 Å². The largest absolute Gasteiger partial charge is 0.418 e. The molecule has 0 spiro atoms. The van der Waals surface area contributed by atoms with Gasteiger partial charge in [-0.2, -0.15) is 13.2 Å². The van der Waals surface area contributed by atoms with Crippen LogP contribution in [0, 0.1) is 6.92 Å². The topological polar surface area (TPSA) is 42.0 Å². The fourth-order valence-electron chi connectivity index (χ4n) is 3.51. The summed E-state index contributed by atoms with van der Waals surface area (Å²) in [6.07, 6.45) is -4.59. The number of pyridine rings is 1. The average molecular weight is 441 g/mol. The molecule has 0 aliphatic rings. The normalized spacial score (nSPS) is 11.5. The van der Waals surface area contributed by atoms with Crippen LogP contribution in [-0.4, -0.2) is 10.9 Å². The predicted octanol–water partition coefficient (Wildman–Crippen LogP) is 7.13. The minimum absolute atomic E-state index is 0.271. The van der Waals surface area contributed by atoms with Crippen LogP contribution in [0.15, 0.2) is 72.8 Å². The van der Waals surface area contributed by atoms with Crippen LogP contribution >= 0.6 is 11.6 Å². The van der Waals surface area contributed by atoms with E-state index in [1.807, 2.05) is 0 Å². The van der Waals surface area contributed by atoms with Crippen molar-refractivity contribution in [3.05, 3.63) is 94.5 Å². The van der Waals surface area contributed by atoms with Crippen molar-refractivity contribution in [3.8, 4) is 11.3 Å². The highest BCUT2D eigenvalue weighted by Gasteiger charge is 2.34. The summed E-state index contributed by atoms with van der Waals surface area (Å²) in [5, 5.41) is 3.56. The first-order valence-corrected chi connectivity index (χ1v) is 9.76. The van der Waals surface area contributed by atoms with Crippen LogP contribution in [0.25, 0.3) is 22.2 Å². The van der Waals surface area contributed by atoms with Crippen molar-refractivity contribution >= 4 is 34.1 Å². The van der Waals surface area contributed by atoms with Crippen LogP contribution < -0.4 is 5.32 Å². The number of hydrogen-bond acceptors (Lipinski definition) is 2. The Morgan fingerprint density at radius 3 is 2.29 bits per heavy atom. The molecule has 4 aromatic rings. The summed E-state index contributed by atoms with van der Waals surface area (Å²) in [6.45, 7) is 1.73. The minimum Gasteiger partial charge on any atom is -0.321 e. The molecular weight excluding hydrogens is 425 g/mol. The molecule has 0 aliphatic carbocycles. The number of benzene rings is 3. The first-order valence-electron chi connectivity index (χ1n) is 9.38. The molecule has 0 unspecified atom stereocenters. The Bertz CT molecular complexity index is 1280. The molecular formula is C24H16ClF3N2O. The Kier molecular flexibility index (Phi) is 5.41. The second-order valence-electron chi connectivity index (χ2n) is 6.98. The van der Waals surface area contributed by atoms with E-state index < -0.39 is 17.6 Å². The maximum Gasteiger partial charge on any atom is 0.418 e. The minimum atomic E-state index is -4.59. The Labute approximate surface area is 181 Å². The molecule has 0 radical (unpaired) electrons. The van der Waals surface area contributed by atoms with Crippen molar-refractivity contribution < 1.29 is 18.0 Å². The van der Waals surface area contributed by atoms with E-state index in [0.29, 0.717) is 27.2 Å². The number of fused-ring (bicyclic) bond motifs is 1. The van der Waals surface area contributed by atoms with Crippen LogP contribution in [0.4, 0.5) is 18.9 Å². The molecule has 3 aromatic carbocycles. The van der Waals surface area contributed by atoms with Gasteiger partial charge in [0.1, 0.15) is 0 Å². The Balaban J connectivity index is 1.87. The molecule has 0 bridgehead atoms. The number of nitrogens with one attached hydrogen (secondary N) is 1. The zero-order chi connectivity index (χ0) is 22.2. The first-order chi connectivity index (χ1) is 14.8. The van der Waals surface area contributed by atoms with Gasteiger partial charge in [-0.05, 0) is 42.8 Å². The molecule has 7 heteroatoms. The zero-order valence-corrected chi connectivity index (χ0v) is 17.1. The number of halogens is 4. The summed E-state index contributed by atoms with van der Waals surface area (Å²) in [5.41, 5.74) is 1.50. The highest BCUT2D eigenvalue weighted by Crippen LogP contribution is 2.36. The van der Waals surface area contributed by atoms with Gasteiger partial charge in [0.2, 0.25) is 0 Å². The van der Waals surface area contributed by atoms with Crippen LogP contribution in [-0.2, 0) is 6.18 Å². The lowest BCUT2D eigenvalue weighted by molar-refractivity contribution is -0.136. The van der Waals surface area contributed by atoms with E-state index in [1.54, 1.807) is 55.5 Å². The molecule has 0 saturated heterocycles. The molecule has 1 heterocycles. The third-order valence-corrected chi connectivity index (χ3v) is 5.21. The highest BCUT2D eigenvalue weighted by atomic mass is 35.5. The van der Waals surface area contributed by atoms with Gasteiger partial charge >= 0.3 is 6.18 Å². The quantitative estimate of drug-likeness (QED) is 0.368. The van der Waals surface area contributed by atoms with Gasteiger partial charge in [0.05, 0.1) is 28.0 Å². The first kappa shape index (κ1) is 20.9. The van der Waals surface area contributed by atoms with E-state index in [2.05, 4.69) is 10.3 Å². The van der Waals surface area contributed by atoms with Crippen molar-refractivity contribution in [2.75, 3.05) is 5.32 Å². The SMILES string of the molecule is Cc1c(-c2ccc(Cl)cc2)nc2ccccc2c1C(=O)Nc1ccccc1C(F)(F)F. The highest BCUT2D eigenvalue weighted by molar-refractivity contribution is 6.30. The van der Waals surface area contributed by atoms with Crippen molar-refractivity contribution in [3.63, 3.8) is 0 Å². The number of nitrogens with zero attached hydrogens (tertiary/aromatic N) is 1. The summed E-state index contributed by atoms with van der Waals surface area (Å²) in [6, 6.07) is 18.9. The van der Waals surface area contributed by atoms with E-state index in [4.69, 9.17) is 11.6 Å². The molecule has 4 rings (SSSR count). The number of carbonyl (C=O) groups excluding carboxylic acids is 1. The number of anilines is 1. The lowest BCUT2D eigenvalue weighted by atomic mass is 9.97. The van der Waals surface area contributed by atoms with Gasteiger partial charge in [-0.3, -0.25) is 4.79 Å². The summed E-state index contributed by atoms with van der Waals surface area (Å²) < 4.78 is 40.1. The molecule has 0 atom stereocenters. The molecule has 1 N–H and O–H groups in total. The van der Waals surface area contributed by atoms with Crippen molar-refractivity contribution in [1.82, 2.24) is 4.98 Å². The average Bonchev–Trinajstić information content (AvgIpc) is 2.73. The summed E-state index contributed by atoms with van der Waals surface area (Å²) in [5.74, 6) is -0.636. The van der Waals surface area contributed by atoms with Gasteiger partial charge in [-0.15, -0.1) is 0 Å². The molecule has 0 fully saturated rings. The van der Waals surface area contributed by atoms with Gasteiger partial charge in [0, 0.05) is 16.0 Å². The lowest BCUT2D eigenvalue weighted by Crippen LogP contribution is -2.18. The van der Waals surface area contributed by atoms with Gasteiger partial charge in [-0.1, -0.05) is 54.1 Å². The number of rotatable bonds is 3. The molecule has 0 aliphatic heterocycles. The molecule has 0 saturated carbocycles. The van der Waals surface area contributed by atoms with E-state index in [9.17, 15) is 18.0 Å². The second-order valence-corrected chi connectivity index (χ2v) is 7.42. The predicted molar refractivity (Wildman–Crippen MR) is 116 cm³/mol. The number of carbonyl (C=O) groups is 1. The van der Waals surface area contributed by atoms with E-state index >= 15 is 0 Å². The van der Waals surface area contributed by atoms with Gasteiger partial charge in [0.15, 0.2) is 0 Å². The monoisotopic (exact) mass is 440 g/mol. The summed E-state index contributed by atoms with van der Waals surface area (Å²) in [4.78, 5) is 17.9. The van der Waals surface area contributed by atoms with Crippen LogP contribution in [0.2, 0.25) is 5.02 Å². The fraction of sp³-hybridized carbons (Fsp3) is 0.0833. The van der Waals surface area contributed by atoms with E-state index in [-0.39, 0.29) is 11.3 Å². The van der Waals surface area contributed by atoms with Crippen molar-refractivity contribution in [1.29, 1.82) is 0 Å². The number of aromatic nitrogens is 1. The van der Waals surface area contributed by atoms with Gasteiger partial charge < -0.3 is 5.32 Å². The smallest absolute Gasteiger partial charge is 0.321 e. The third-order valence-electron chi connectivity index (χ3n) is 4.96. The van der Waals surface area contributed by atoms with Crippen LogP contribution in [0.5, 0.6) is 0 Å². The van der Waals surface area contributed by atoms with Crippen LogP contribution in [0.3, 0.4) is 0 Å². The second kappa shape index (κ2) is 8.04. The van der Waals surface area contributed by atoms with E-state index in [1.165, 1.54) is 18.2 Å². The van der Waals surface area contributed by atoms with E-state index in [0.717, 1.165) is 11.6 Å². The molecule has 1 amide bonds. The number of alkyl halides is 3. The zero-order valence-electron chi connectivity index (χ0n) is 16.3. The molecule has 156 valence electrons. The Hall–Kier alpha value is -3.38. The van der Waals surface area contributed by atoms with Gasteiger partial charge in [0.25, 0.3) is 5.91 Å². The third kappa shape index (κ3) is 4.11. The lowest BCUT2D eigenvalue weighted by Gasteiger charge is -2.17. The number of para-hydroxylation sites is 2. The summed E-state index contributed by atoms with van der Waals surface area (Å²) in [7, 11) is 0. The Morgan fingerprint density at radius 2 is 1.58 bits per heavy atom. The van der Waals surface area contributed by atoms with Crippen molar-refractivity contribution in [2.45, 2.75) is 13.1 Å². The standard InChI is InChI=1S/C24H16ClF3N2O/c1-14-21(23(31)30-20-9-5-3-7-18(20)24(26,27)28)17-6-2-4-8-19(17)29-22(14)15-10-12-16(25)13-11-15/h2-13H,1H3,(H,30,31). The summed E-state index contributed by atoms with van der Waals surface area (Å²) >= 11 is 5.98. The number of hydrogen-bond donors (Lipinski definition) is 1. The molecule has 1 aromatic heterocycles. The maximum absolute atomic E-state index is 13.4. The van der Waals surface area contributed by atoms with Crippen LogP contribution in [0.1, 0.15) is 21.5 Å². The molecule has 31 heavy (non-hydrogen) atoms.